The van der Waals surface area contributed by atoms with Crippen molar-refractivity contribution in [1.29, 1.82) is 0 Å². The maximum atomic E-state index is 11.7. The van der Waals surface area contributed by atoms with Crippen molar-refractivity contribution in [1.82, 2.24) is 9.97 Å². The highest BCUT2D eigenvalue weighted by atomic mass is 16.1. The number of carbonyl (C=O) groups is 1. The van der Waals surface area contributed by atoms with Crippen LogP contribution in [0.5, 0.6) is 0 Å². The number of Topliss-reactive ketones (excluding diaryl/α,β-unsaturated/α-hetero) is 1. The quantitative estimate of drug-likeness (QED) is 0.658. The molecule has 0 aliphatic heterocycles. The molecule has 1 fully saturated rings. The lowest BCUT2D eigenvalue weighted by Crippen LogP contribution is -2.13. The second-order valence-corrected chi connectivity index (χ2v) is 3.62. The molecule has 0 amide bonds. The van der Waals surface area contributed by atoms with Crippen LogP contribution in [0.1, 0.15) is 30.1 Å². The third-order valence-corrected chi connectivity index (χ3v) is 2.59. The molecular formula is C10H12N2O. The highest BCUT2D eigenvalue weighted by Gasteiger charge is 2.32. The lowest BCUT2D eigenvalue weighted by atomic mass is 9.97. The average Bonchev–Trinajstić information content (AvgIpc) is 3.00. The molecule has 13 heavy (non-hydrogen) atoms. The fourth-order valence-corrected chi connectivity index (χ4v) is 1.50. The lowest BCUT2D eigenvalue weighted by molar-refractivity contribution is 0.0915. The molecule has 1 aliphatic carbocycles. The molecule has 1 aromatic rings. The summed E-state index contributed by atoms with van der Waals surface area (Å²) in [5, 5.41) is 0. The van der Waals surface area contributed by atoms with Crippen molar-refractivity contribution in [3.05, 3.63) is 24.3 Å². The molecule has 1 unspecified atom stereocenters. The third-order valence-electron chi connectivity index (χ3n) is 2.59. The van der Waals surface area contributed by atoms with Gasteiger partial charge < -0.3 is 0 Å². The van der Waals surface area contributed by atoms with Crippen LogP contribution in [0.2, 0.25) is 0 Å². The monoisotopic (exact) mass is 176 g/mol. The number of ketones is 1. The molecule has 0 N–H and O–H groups in total. The molecule has 0 bridgehead atoms. The Bertz CT molecular complexity index is 306. The molecule has 1 aliphatic rings. The van der Waals surface area contributed by atoms with Gasteiger partial charge in [-0.1, -0.05) is 6.92 Å². The first kappa shape index (κ1) is 8.35. The van der Waals surface area contributed by atoms with E-state index in [2.05, 4.69) is 9.97 Å². The van der Waals surface area contributed by atoms with Crippen LogP contribution in [0.4, 0.5) is 0 Å². The number of nitrogens with zero attached hydrogens (tertiary/aromatic N) is 2. The van der Waals surface area contributed by atoms with Crippen LogP contribution >= 0.6 is 0 Å². The van der Waals surface area contributed by atoms with Gasteiger partial charge in [-0.3, -0.25) is 4.79 Å². The standard InChI is InChI=1S/C10H12N2O/c1-7(8-2-3-8)10(13)9-4-11-6-12-5-9/h4-8H,2-3H2,1H3. The van der Waals surface area contributed by atoms with E-state index in [9.17, 15) is 4.79 Å². The first-order chi connectivity index (χ1) is 6.29. The van der Waals surface area contributed by atoms with Crippen molar-refractivity contribution >= 4 is 5.78 Å². The van der Waals surface area contributed by atoms with Gasteiger partial charge in [-0.05, 0) is 18.8 Å². The number of carbonyl (C=O) groups excluding carboxylic acids is 1. The maximum absolute atomic E-state index is 11.7. The van der Waals surface area contributed by atoms with Gasteiger partial charge in [0.05, 0.1) is 5.56 Å². The van der Waals surface area contributed by atoms with Crippen LogP contribution in [0.15, 0.2) is 18.7 Å². The topological polar surface area (TPSA) is 42.9 Å². The number of hydrogen-bond donors (Lipinski definition) is 0. The van der Waals surface area contributed by atoms with Crippen molar-refractivity contribution in [2.75, 3.05) is 0 Å². The minimum Gasteiger partial charge on any atom is -0.294 e. The lowest BCUT2D eigenvalue weighted by Gasteiger charge is -2.06. The second kappa shape index (κ2) is 3.24. The Morgan fingerprint density at radius 3 is 2.62 bits per heavy atom. The zero-order valence-electron chi connectivity index (χ0n) is 7.60. The van der Waals surface area contributed by atoms with Gasteiger partial charge in [-0.15, -0.1) is 0 Å². The minimum atomic E-state index is 0.144. The van der Waals surface area contributed by atoms with E-state index in [0.717, 1.165) is 0 Å². The molecule has 0 saturated heterocycles. The molecule has 68 valence electrons. The van der Waals surface area contributed by atoms with E-state index in [-0.39, 0.29) is 11.7 Å². The van der Waals surface area contributed by atoms with Gasteiger partial charge in [-0.2, -0.15) is 0 Å². The maximum Gasteiger partial charge on any atom is 0.169 e. The summed E-state index contributed by atoms with van der Waals surface area (Å²) in [7, 11) is 0. The zero-order chi connectivity index (χ0) is 9.26. The fourth-order valence-electron chi connectivity index (χ4n) is 1.50. The van der Waals surface area contributed by atoms with Crippen molar-refractivity contribution in [2.24, 2.45) is 11.8 Å². The highest BCUT2D eigenvalue weighted by molar-refractivity contribution is 5.97. The van der Waals surface area contributed by atoms with Crippen LogP contribution in [-0.2, 0) is 0 Å². The predicted octanol–water partition coefficient (Wildman–Crippen LogP) is 1.71. The largest absolute Gasteiger partial charge is 0.294 e. The van der Waals surface area contributed by atoms with Crippen LogP contribution < -0.4 is 0 Å². The van der Waals surface area contributed by atoms with E-state index in [1.807, 2.05) is 6.92 Å². The van der Waals surface area contributed by atoms with E-state index in [0.29, 0.717) is 11.5 Å². The van der Waals surface area contributed by atoms with Gasteiger partial charge in [0.1, 0.15) is 6.33 Å². The van der Waals surface area contributed by atoms with Crippen molar-refractivity contribution in [3.63, 3.8) is 0 Å². The van der Waals surface area contributed by atoms with E-state index in [4.69, 9.17) is 0 Å². The van der Waals surface area contributed by atoms with Crippen molar-refractivity contribution in [2.45, 2.75) is 19.8 Å². The van der Waals surface area contributed by atoms with Gasteiger partial charge in [0.15, 0.2) is 5.78 Å². The summed E-state index contributed by atoms with van der Waals surface area (Å²) in [6.07, 6.45) is 7.02. The van der Waals surface area contributed by atoms with Gasteiger partial charge in [-0.25, -0.2) is 9.97 Å². The number of rotatable bonds is 3. The first-order valence-corrected chi connectivity index (χ1v) is 4.58. The molecule has 1 aromatic heterocycles. The molecule has 1 heterocycles. The molecular weight excluding hydrogens is 164 g/mol. The Balaban J connectivity index is 2.12. The Hall–Kier alpha value is -1.25. The zero-order valence-corrected chi connectivity index (χ0v) is 7.60. The molecule has 3 nitrogen and oxygen atoms in total. The van der Waals surface area contributed by atoms with Crippen LogP contribution in [0.25, 0.3) is 0 Å². The molecule has 0 spiro atoms. The molecule has 2 rings (SSSR count). The van der Waals surface area contributed by atoms with Crippen molar-refractivity contribution < 1.29 is 4.79 Å². The van der Waals surface area contributed by atoms with Crippen LogP contribution in [-0.4, -0.2) is 15.8 Å². The second-order valence-electron chi connectivity index (χ2n) is 3.62. The summed E-state index contributed by atoms with van der Waals surface area (Å²) in [6.45, 7) is 1.99. The van der Waals surface area contributed by atoms with E-state index in [1.165, 1.54) is 19.2 Å². The third kappa shape index (κ3) is 1.74. The van der Waals surface area contributed by atoms with Gasteiger partial charge in [0.2, 0.25) is 0 Å². The summed E-state index contributed by atoms with van der Waals surface area (Å²) in [6, 6.07) is 0. The Morgan fingerprint density at radius 2 is 2.08 bits per heavy atom. The van der Waals surface area contributed by atoms with Gasteiger partial charge in [0.25, 0.3) is 0 Å². The normalized spacial score (nSPS) is 18.2. The fraction of sp³-hybridized carbons (Fsp3) is 0.500. The van der Waals surface area contributed by atoms with E-state index in [1.54, 1.807) is 12.4 Å². The predicted molar refractivity (Wildman–Crippen MR) is 48.3 cm³/mol. The van der Waals surface area contributed by atoms with Gasteiger partial charge >= 0.3 is 0 Å². The summed E-state index contributed by atoms with van der Waals surface area (Å²) in [4.78, 5) is 19.4. The first-order valence-electron chi connectivity index (χ1n) is 4.58. The van der Waals surface area contributed by atoms with Gasteiger partial charge in [0, 0.05) is 18.3 Å². The van der Waals surface area contributed by atoms with Crippen LogP contribution in [0.3, 0.4) is 0 Å². The SMILES string of the molecule is CC(C(=O)c1cncnc1)C1CC1. The highest BCUT2D eigenvalue weighted by Crippen LogP contribution is 2.37. The van der Waals surface area contributed by atoms with E-state index >= 15 is 0 Å². The Morgan fingerprint density at radius 1 is 1.46 bits per heavy atom. The minimum absolute atomic E-state index is 0.144. The smallest absolute Gasteiger partial charge is 0.169 e. The Kier molecular flexibility index (Phi) is 2.08. The number of aromatic nitrogens is 2. The summed E-state index contributed by atoms with van der Waals surface area (Å²) >= 11 is 0. The van der Waals surface area contributed by atoms with Crippen LogP contribution in [0, 0.1) is 11.8 Å². The summed E-state index contributed by atoms with van der Waals surface area (Å²) in [5.41, 5.74) is 0.641. The molecule has 1 saturated carbocycles. The molecule has 0 radical (unpaired) electrons. The number of hydrogen-bond acceptors (Lipinski definition) is 3. The molecule has 1 atom stereocenters. The Labute approximate surface area is 77.2 Å². The summed E-state index contributed by atoms with van der Waals surface area (Å²) < 4.78 is 0. The van der Waals surface area contributed by atoms with Crippen molar-refractivity contribution in [3.8, 4) is 0 Å². The van der Waals surface area contributed by atoms with E-state index < -0.39 is 0 Å². The average molecular weight is 176 g/mol. The summed E-state index contributed by atoms with van der Waals surface area (Å²) in [5.74, 6) is 0.932. The molecule has 0 aromatic carbocycles. The molecule has 3 heteroatoms.